The lowest BCUT2D eigenvalue weighted by molar-refractivity contribution is 0.416. The van der Waals surface area contributed by atoms with Crippen molar-refractivity contribution >= 4 is 16.3 Å². The van der Waals surface area contributed by atoms with Crippen molar-refractivity contribution in [2.75, 3.05) is 7.11 Å². The standard InChI is InChI=1S/C16H12N4OS/c1-21-13-10-6-5-9-12(13)15-19-20-14(17-18-16(20)22-15)11-7-3-2-4-8-11/h2-10H,1H3. The molecule has 0 bridgehead atoms. The highest BCUT2D eigenvalue weighted by Crippen LogP contribution is 2.33. The Morgan fingerprint density at radius 1 is 0.955 bits per heavy atom. The van der Waals surface area contributed by atoms with Gasteiger partial charge in [0.1, 0.15) is 5.75 Å². The van der Waals surface area contributed by atoms with Crippen molar-refractivity contribution in [1.82, 2.24) is 19.8 Å². The molecule has 4 aromatic rings. The summed E-state index contributed by atoms with van der Waals surface area (Å²) >= 11 is 1.49. The van der Waals surface area contributed by atoms with E-state index in [1.165, 1.54) is 11.3 Å². The molecule has 0 aliphatic carbocycles. The van der Waals surface area contributed by atoms with Crippen LogP contribution in [0.15, 0.2) is 54.6 Å². The molecule has 0 N–H and O–H groups in total. The van der Waals surface area contributed by atoms with E-state index in [0.717, 1.165) is 32.7 Å². The minimum Gasteiger partial charge on any atom is -0.496 e. The van der Waals surface area contributed by atoms with Gasteiger partial charge in [0.2, 0.25) is 4.96 Å². The third kappa shape index (κ3) is 2.05. The minimum absolute atomic E-state index is 0.744. The molecular weight excluding hydrogens is 296 g/mol. The molecule has 0 radical (unpaired) electrons. The quantitative estimate of drug-likeness (QED) is 0.581. The predicted octanol–water partition coefficient (Wildman–Crippen LogP) is 3.53. The van der Waals surface area contributed by atoms with Gasteiger partial charge in [0.25, 0.3) is 0 Å². The molecule has 0 amide bonds. The lowest BCUT2D eigenvalue weighted by Crippen LogP contribution is -1.92. The SMILES string of the molecule is COc1ccccc1-c1nn2c(-c3ccccc3)nnc2s1. The van der Waals surface area contributed by atoms with Gasteiger partial charge in [-0.2, -0.15) is 9.61 Å². The number of fused-ring (bicyclic) bond motifs is 1. The number of nitrogens with zero attached hydrogens (tertiary/aromatic N) is 4. The van der Waals surface area contributed by atoms with Crippen LogP contribution in [0.2, 0.25) is 0 Å². The predicted molar refractivity (Wildman–Crippen MR) is 86.1 cm³/mol. The van der Waals surface area contributed by atoms with Gasteiger partial charge in [-0.1, -0.05) is 53.8 Å². The monoisotopic (exact) mass is 308 g/mol. The number of rotatable bonds is 3. The largest absolute Gasteiger partial charge is 0.496 e. The number of hydrogen-bond acceptors (Lipinski definition) is 5. The Morgan fingerprint density at radius 3 is 2.55 bits per heavy atom. The van der Waals surface area contributed by atoms with Crippen LogP contribution in [-0.2, 0) is 0 Å². The first kappa shape index (κ1) is 13.0. The summed E-state index contributed by atoms with van der Waals surface area (Å²) in [6, 6.07) is 17.8. The van der Waals surface area contributed by atoms with Gasteiger partial charge in [-0.15, -0.1) is 10.2 Å². The molecular formula is C16H12N4OS. The van der Waals surface area contributed by atoms with Crippen molar-refractivity contribution in [2.24, 2.45) is 0 Å². The summed E-state index contributed by atoms with van der Waals surface area (Å²) in [5, 5.41) is 14.0. The molecule has 108 valence electrons. The van der Waals surface area contributed by atoms with E-state index in [1.807, 2.05) is 54.6 Å². The zero-order valence-electron chi connectivity index (χ0n) is 11.8. The second-order valence-electron chi connectivity index (χ2n) is 4.69. The molecule has 0 saturated carbocycles. The number of benzene rings is 2. The molecule has 0 unspecified atom stereocenters. The van der Waals surface area contributed by atoms with E-state index in [1.54, 1.807) is 11.6 Å². The minimum atomic E-state index is 0.744. The maximum absolute atomic E-state index is 5.41. The first-order valence-corrected chi connectivity index (χ1v) is 7.59. The normalized spacial score (nSPS) is 11.0. The third-order valence-corrected chi connectivity index (χ3v) is 4.29. The summed E-state index contributed by atoms with van der Waals surface area (Å²) in [6.45, 7) is 0. The fourth-order valence-electron chi connectivity index (χ4n) is 2.31. The maximum atomic E-state index is 5.41. The smallest absolute Gasteiger partial charge is 0.235 e. The third-order valence-electron chi connectivity index (χ3n) is 3.36. The highest BCUT2D eigenvalue weighted by molar-refractivity contribution is 7.19. The lowest BCUT2D eigenvalue weighted by atomic mass is 10.2. The van der Waals surface area contributed by atoms with E-state index < -0.39 is 0 Å². The average Bonchev–Trinajstić information content (AvgIpc) is 3.16. The molecule has 0 fully saturated rings. The van der Waals surface area contributed by atoms with Crippen molar-refractivity contribution in [3.05, 3.63) is 54.6 Å². The van der Waals surface area contributed by atoms with Gasteiger partial charge in [0, 0.05) is 5.56 Å². The fourth-order valence-corrected chi connectivity index (χ4v) is 3.18. The van der Waals surface area contributed by atoms with Crippen molar-refractivity contribution in [2.45, 2.75) is 0 Å². The average molecular weight is 308 g/mol. The van der Waals surface area contributed by atoms with Gasteiger partial charge in [0.05, 0.1) is 12.7 Å². The van der Waals surface area contributed by atoms with Crippen LogP contribution in [-0.4, -0.2) is 26.9 Å². The van der Waals surface area contributed by atoms with Crippen LogP contribution in [0.3, 0.4) is 0 Å². The van der Waals surface area contributed by atoms with E-state index in [9.17, 15) is 0 Å². The first-order valence-electron chi connectivity index (χ1n) is 6.78. The molecule has 5 nitrogen and oxygen atoms in total. The molecule has 0 saturated heterocycles. The number of para-hydroxylation sites is 1. The van der Waals surface area contributed by atoms with Crippen LogP contribution in [0.4, 0.5) is 0 Å². The Kier molecular flexibility index (Phi) is 3.08. The summed E-state index contributed by atoms with van der Waals surface area (Å²) in [6.07, 6.45) is 0. The molecule has 2 heterocycles. The topological polar surface area (TPSA) is 52.3 Å². The Hall–Kier alpha value is -2.73. The summed E-state index contributed by atoms with van der Waals surface area (Å²) < 4.78 is 7.19. The highest BCUT2D eigenvalue weighted by atomic mass is 32.1. The molecule has 2 aromatic carbocycles. The number of ether oxygens (including phenoxy) is 1. The van der Waals surface area contributed by atoms with Crippen LogP contribution >= 0.6 is 11.3 Å². The number of methoxy groups -OCH3 is 1. The van der Waals surface area contributed by atoms with E-state index in [4.69, 9.17) is 4.74 Å². The fraction of sp³-hybridized carbons (Fsp3) is 0.0625. The summed E-state index contributed by atoms with van der Waals surface area (Å²) in [5.74, 6) is 1.54. The van der Waals surface area contributed by atoms with Gasteiger partial charge < -0.3 is 4.74 Å². The van der Waals surface area contributed by atoms with Gasteiger partial charge in [-0.25, -0.2) is 0 Å². The van der Waals surface area contributed by atoms with E-state index in [-0.39, 0.29) is 0 Å². The Bertz CT molecular complexity index is 930. The molecule has 6 heteroatoms. The summed E-state index contributed by atoms with van der Waals surface area (Å²) in [7, 11) is 1.66. The van der Waals surface area contributed by atoms with Gasteiger partial charge in [-0.3, -0.25) is 0 Å². The van der Waals surface area contributed by atoms with Crippen LogP contribution < -0.4 is 4.74 Å². The van der Waals surface area contributed by atoms with Crippen LogP contribution in [0.25, 0.3) is 26.9 Å². The second-order valence-corrected chi connectivity index (χ2v) is 5.65. The summed E-state index contributed by atoms with van der Waals surface area (Å²) in [5.41, 5.74) is 1.95. The molecule has 0 aliphatic heterocycles. The van der Waals surface area contributed by atoms with Crippen molar-refractivity contribution in [3.8, 4) is 27.7 Å². The Labute approximate surface area is 130 Å². The van der Waals surface area contributed by atoms with Crippen LogP contribution in [0, 0.1) is 0 Å². The molecule has 4 rings (SSSR count). The van der Waals surface area contributed by atoms with Crippen LogP contribution in [0.1, 0.15) is 0 Å². The maximum Gasteiger partial charge on any atom is 0.235 e. The van der Waals surface area contributed by atoms with E-state index in [2.05, 4.69) is 15.3 Å². The van der Waals surface area contributed by atoms with Crippen molar-refractivity contribution in [1.29, 1.82) is 0 Å². The number of hydrogen-bond donors (Lipinski definition) is 0. The Balaban J connectivity index is 1.87. The van der Waals surface area contributed by atoms with E-state index in [0.29, 0.717) is 0 Å². The zero-order valence-corrected chi connectivity index (χ0v) is 12.6. The summed E-state index contributed by atoms with van der Waals surface area (Å²) in [4.78, 5) is 0.764. The molecule has 0 aliphatic rings. The van der Waals surface area contributed by atoms with Gasteiger partial charge >= 0.3 is 0 Å². The molecule has 2 aromatic heterocycles. The first-order chi connectivity index (χ1) is 10.9. The Morgan fingerprint density at radius 2 is 1.73 bits per heavy atom. The number of aromatic nitrogens is 4. The molecule has 0 atom stereocenters. The van der Waals surface area contributed by atoms with Gasteiger partial charge in [0.15, 0.2) is 10.8 Å². The van der Waals surface area contributed by atoms with E-state index >= 15 is 0 Å². The van der Waals surface area contributed by atoms with Crippen molar-refractivity contribution < 1.29 is 4.74 Å². The lowest BCUT2D eigenvalue weighted by Gasteiger charge is -2.04. The molecule has 0 spiro atoms. The zero-order chi connectivity index (χ0) is 14.9. The highest BCUT2D eigenvalue weighted by Gasteiger charge is 2.16. The molecule has 22 heavy (non-hydrogen) atoms. The van der Waals surface area contributed by atoms with Crippen LogP contribution in [0.5, 0.6) is 5.75 Å². The van der Waals surface area contributed by atoms with Crippen molar-refractivity contribution in [3.63, 3.8) is 0 Å². The second kappa shape index (κ2) is 5.23. The van der Waals surface area contributed by atoms with Gasteiger partial charge in [-0.05, 0) is 12.1 Å².